The van der Waals surface area contributed by atoms with Gasteiger partial charge in [0.2, 0.25) is 0 Å². The first-order valence-corrected chi connectivity index (χ1v) is 7.42. The van der Waals surface area contributed by atoms with E-state index in [1.165, 1.54) is 37.7 Å². The molecule has 2 unspecified atom stereocenters. The summed E-state index contributed by atoms with van der Waals surface area (Å²) in [5.74, 6) is 0.878. The van der Waals surface area contributed by atoms with E-state index in [-0.39, 0.29) is 0 Å². The molecule has 0 spiro atoms. The number of hydrogen-bond donors (Lipinski definition) is 1. The van der Waals surface area contributed by atoms with E-state index in [0.717, 1.165) is 25.4 Å². The second-order valence-electron chi connectivity index (χ2n) is 5.96. The van der Waals surface area contributed by atoms with Crippen LogP contribution in [0, 0.1) is 11.3 Å². The molecule has 18 heavy (non-hydrogen) atoms. The third-order valence-electron chi connectivity index (χ3n) is 4.64. The molecule has 102 valence electrons. The van der Waals surface area contributed by atoms with Gasteiger partial charge in [-0.15, -0.1) is 0 Å². The Labute approximate surface area is 111 Å². The van der Waals surface area contributed by atoms with Gasteiger partial charge >= 0.3 is 0 Å². The second kappa shape index (κ2) is 5.87. The Bertz CT molecular complexity index is 372. The van der Waals surface area contributed by atoms with Gasteiger partial charge in [-0.2, -0.15) is 5.10 Å². The van der Waals surface area contributed by atoms with Crippen molar-refractivity contribution in [3.8, 4) is 0 Å². The molecule has 1 heterocycles. The molecule has 1 fully saturated rings. The third-order valence-corrected chi connectivity index (χ3v) is 4.64. The molecule has 1 saturated carbocycles. The van der Waals surface area contributed by atoms with Crippen LogP contribution in [0.1, 0.15) is 51.5 Å². The molecule has 0 aromatic carbocycles. The van der Waals surface area contributed by atoms with Crippen molar-refractivity contribution in [3.05, 3.63) is 18.0 Å². The highest BCUT2D eigenvalue weighted by atomic mass is 15.3. The zero-order valence-electron chi connectivity index (χ0n) is 11.9. The molecule has 2 rings (SSSR count). The molecule has 1 aromatic heterocycles. The van der Waals surface area contributed by atoms with E-state index in [4.69, 9.17) is 5.73 Å². The molecule has 3 heteroatoms. The quantitative estimate of drug-likeness (QED) is 0.872. The number of hydrogen-bond acceptors (Lipinski definition) is 2. The monoisotopic (exact) mass is 249 g/mol. The fraction of sp³-hybridized carbons (Fsp3) is 0.800. The summed E-state index contributed by atoms with van der Waals surface area (Å²) < 4.78 is 2.01. The number of aromatic nitrogens is 2. The summed E-state index contributed by atoms with van der Waals surface area (Å²) in [4.78, 5) is 0. The molecule has 0 bridgehead atoms. The van der Waals surface area contributed by atoms with E-state index >= 15 is 0 Å². The van der Waals surface area contributed by atoms with Crippen molar-refractivity contribution < 1.29 is 0 Å². The molecular formula is C15H27N3. The number of nitrogens with two attached hydrogens (primary N) is 1. The normalized spacial score (nSPS) is 28.5. The van der Waals surface area contributed by atoms with E-state index in [2.05, 4.69) is 25.1 Å². The van der Waals surface area contributed by atoms with Crippen LogP contribution in [0.3, 0.4) is 0 Å². The van der Waals surface area contributed by atoms with Crippen LogP contribution in [0.25, 0.3) is 0 Å². The van der Waals surface area contributed by atoms with Crippen molar-refractivity contribution in [2.45, 2.75) is 58.9 Å². The van der Waals surface area contributed by atoms with Gasteiger partial charge in [-0.05, 0) is 49.6 Å². The predicted molar refractivity (Wildman–Crippen MR) is 75.3 cm³/mol. The largest absolute Gasteiger partial charge is 0.330 e. The van der Waals surface area contributed by atoms with Crippen molar-refractivity contribution in [3.63, 3.8) is 0 Å². The summed E-state index contributed by atoms with van der Waals surface area (Å²) in [6.45, 7) is 6.21. The van der Waals surface area contributed by atoms with Crippen LogP contribution >= 0.6 is 0 Å². The standard InChI is InChI=1S/C15H27N3/c1-3-13-6-5-7-15(8-13,12-16)9-14-10-17-18(4-2)11-14/h10-11,13H,3-9,12,16H2,1-2H3. The maximum Gasteiger partial charge on any atom is 0.0521 e. The zero-order chi connectivity index (χ0) is 13.0. The molecule has 2 N–H and O–H groups in total. The predicted octanol–water partition coefficient (Wildman–Crippen LogP) is 2.99. The molecule has 1 aliphatic carbocycles. The molecule has 0 aliphatic heterocycles. The molecule has 1 aliphatic rings. The Balaban J connectivity index is 2.07. The number of rotatable bonds is 5. The third kappa shape index (κ3) is 2.94. The highest BCUT2D eigenvalue weighted by Gasteiger charge is 2.34. The van der Waals surface area contributed by atoms with E-state index in [1.807, 2.05) is 10.9 Å². The van der Waals surface area contributed by atoms with Gasteiger partial charge in [0.05, 0.1) is 6.20 Å². The van der Waals surface area contributed by atoms with Crippen LogP contribution in [-0.2, 0) is 13.0 Å². The van der Waals surface area contributed by atoms with Crippen LogP contribution in [0.5, 0.6) is 0 Å². The van der Waals surface area contributed by atoms with Crippen LogP contribution in [0.15, 0.2) is 12.4 Å². The number of nitrogens with zero attached hydrogens (tertiary/aromatic N) is 2. The van der Waals surface area contributed by atoms with Crippen LogP contribution in [0.4, 0.5) is 0 Å². The Kier molecular flexibility index (Phi) is 4.44. The fourth-order valence-corrected chi connectivity index (χ4v) is 3.45. The highest BCUT2D eigenvalue weighted by Crippen LogP contribution is 2.42. The van der Waals surface area contributed by atoms with Crippen LogP contribution in [0.2, 0.25) is 0 Å². The van der Waals surface area contributed by atoms with Crippen LogP contribution < -0.4 is 5.73 Å². The summed E-state index contributed by atoms with van der Waals surface area (Å²) in [5.41, 5.74) is 7.81. The Hall–Kier alpha value is -0.830. The van der Waals surface area contributed by atoms with Gasteiger partial charge in [0.25, 0.3) is 0 Å². The zero-order valence-corrected chi connectivity index (χ0v) is 11.9. The second-order valence-corrected chi connectivity index (χ2v) is 5.96. The highest BCUT2D eigenvalue weighted by molar-refractivity contribution is 5.09. The van der Waals surface area contributed by atoms with Gasteiger partial charge < -0.3 is 5.73 Å². The smallest absolute Gasteiger partial charge is 0.0521 e. The summed E-state index contributed by atoms with van der Waals surface area (Å²) in [7, 11) is 0. The number of aryl methyl sites for hydroxylation is 1. The van der Waals surface area contributed by atoms with Gasteiger partial charge in [0, 0.05) is 12.7 Å². The summed E-state index contributed by atoms with van der Waals surface area (Å²) in [6, 6.07) is 0. The van der Waals surface area contributed by atoms with Crippen molar-refractivity contribution in [1.82, 2.24) is 9.78 Å². The lowest BCUT2D eigenvalue weighted by atomic mass is 9.66. The fourth-order valence-electron chi connectivity index (χ4n) is 3.45. The lowest BCUT2D eigenvalue weighted by Crippen LogP contribution is -2.37. The SMILES string of the molecule is CCC1CCCC(CN)(Cc2cnn(CC)c2)C1. The van der Waals surface area contributed by atoms with Crippen LogP contribution in [-0.4, -0.2) is 16.3 Å². The van der Waals surface area contributed by atoms with Crippen molar-refractivity contribution in [1.29, 1.82) is 0 Å². The lowest BCUT2D eigenvalue weighted by Gasteiger charge is -2.40. The van der Waals surface area contributed by atoms with E-state index in [9.17, 15) is 0 Å². The minimum Gasteiger partial charge on any atom is -0.330 e. The van der Waals surface area contributed by atoms with E-state index in [0.29, 0.717) is 5.41 Å². The Morgan fingerprint density at radius 2 is 2.33 bits per heavy atom. The van der Waals surface area contributed by atoms with Gasteiger partial charge in [0.15, 0.2) is 0 Å². The first kappa shape index (κ1) is 13.6. The Morgan fingerprint density at radius 1 is 1.50 bits per heavy atom. The van der Waals surface area contributed by atoms with Crippen molar-refractivity contribution >= 4 is 0 Å². The van der Waals surface area contributed by atoms with Gasteiger partial charge in [-0.25, -0.2) is 0 Å². The van der Waals surface area contributed by atoms with Crippen molar-refractivity contribution in [2.24, 2.45) is 17.1 Å². The summed E-state index contributed by atoms with van der Waals surface area (Å²) in [6.07, 6.45) is 12.0. The van der Waals surface area contributed by atoms with E-state index in [1.54, 1.807) is 0 Å². The molecule has 1 aromatic rings. The van der Waals surface area contributed by atoms with Crippen molar-refractivity contribution in [2.75, 3.05) is 6.54 Å². The topological polar surface area (TPSA) is 43.8 Å². The van der Waals surface area contributed by atoms with Gasteiger partial charge in [0.1, 0.15) is 0 Å². The Morgan fingerprint density at radius 3 is 2.94 bits per heavy atom. The minimum atomic E-state index is 0.334. The first-order chi connectivity index (χ1) is 8.71. The summed E-state index contributed by atoms with van der Waals surface area (Å²) in [5, 5.41) is 4.38. The molecular weight excluding hydrogens is 222 g/mol. The lowest BCUT2D eigenvalue weighted by molar-refractivity contribution is 0.142. The average Bonchev–Trinajstić information content (AvgIpc) is 2.86. The van der Waals surface area contributed by atoms with Gasteiger partial charge in [-0.3, -0.25) is 4.68 Å². The first-order valence-electron chi connectivity index (χ1n) is 7.42. The average molecular weight is 249 g/mol. The maximum atomic E-state index is 6.12. The molecule has 0 amide bonds. The molecule has 0 radical (unpaired) electrons. The van der Waals surface area contributed by atoms with Gasteiger partial charge in [-0.1, -0.05) is 26.2 Å². The van der Waals surface area contributed by atoms with E-state index < -0.39 is 0 Å². The maximum absolute atomic E-state index is 6.12. The summed E-state index contributed by atoms with van der Waals surface area (Å²) >= 11 is 0. The molecule has 2 atom stereocenters. The molecule has 0 saturated heterocycles. The molecule has 3 nitrogen and oxygen atoms in total. The minimum absolute atomic E-state index is 0.334.